The minimum atomic E-state index is 0.348. The molecule has 244 valence electrons. The number of benzene rings is 4. The number of rotatable bonds is 24. The number of hydrogen-bond acceptors (Lipinski definition) is 10. The maximum absolute atomic E-state index is 11.0. The Hall–Kier alpha value is -4.48. The highest BCUT2D eigenvalue weighted by Crippen LogP contribution is 2.32. The molecule has 10 nitrogen and oxygen atoms in total. The van der Waals surface area contributed by atoms with Crippen molar-refractivity contribution >= 4 is 23.3 Å². The van der Waals surface area contributed by atoms with Crippen LogP contribution in [0.25, 0.3) is 10.8 Å². The third kappa shape index (κ3) is 11.5. The SMILES string of the molecule is O=Cc1ccccc1OCCOCCOCCOc1cccc2c(OCCOCCOCCOc3ccccc3C=O)cccc12. The number of hydrogen-bond donors (Lipinski definition) is 0. The predicted molar refractivity (Wildman–Crippen MR) is 173 cm³/mol. The normalized spacial score (nSPS) is 10.9. The van der Waals surface area contributed by atoms with Gasteiger partial charge in [-0.15, -0.1) is 0 Å². The summed E-state index contributed by atoms with van der Waals surface area (Å²) in [5.74, 6) is 2.60. The molecule has 0 aliphatic heterocycles. The van der Waals surface area contributed by atoms with E-state index in [1.54, 1.807) is 36.4 Å². The molecule has 0 amide bonds. The van der Waals surface area contributed by atoms with Crippen LogP contribution >= 0.6 is 0 Å². The van der Waals surface area contributed by atoms with Crippen molar-refractivity contribution in [3.05, 3.63) is 96.1 Å². The van der Waals surface area contributed by atoms with E-state index in [1.165, 1.54) is 0 Å². The topological polar surface area (TPSA) is 108 Å². The summed E-state index contributed by atoms with van der Waals surface area (Å²) in [5, 5.41) is 1.90. The molecule has 4 rings (SSSR count). The Balaban J connectivity index is 1.04. The van der Waals surface area contributed by atoms with Crippen LogP contribution in [0.1, 0.15) is 20.7 Å². The second-order valence-electron chi connectivity index (χ2n) is 9.76. The van der Waals surface area contributed by atoms with Crippen molar-refractivity contribution in [1.29, 1.82) is 0 Å². The summed E-state index contributed by atoms with van der Waals surface area (Å²) in [4.78, 5) is 22.1. The molecule has 0 aromatic heterocycles. The summed E-state index contributed by atoms with van der Waals surface area (Å²) in [6, 6.07) is 25.9. The summed E-state index contributed by atoms with van der Waals surface area (Å²) >= 11 is 0. The molecule has 46 heavy (non-hydrogen) atoms. The van der Waals surface area contributed by atoms with Gasteiger partial charge < -0.3 is 37.9 Å². The van der Waals surface area contributed by atoms with E-state index in [1.807, 2.05) is 48.5 Å². The third-order valence-corrected chi connectivity index (χ3v) is 6.62. The first-order chi connectivity index (χ1) is 22.8. The Morgan fingerprint density at radius 2 is 0.652 bits per heavy atom. The average molecular weight is 633 g/mol. The van der Waals surface area contributed by atoms with Gasteiger partial charge in [0.15, 0.2) is 12.6 Å². The van der Waals surface area contributed by atoms with E-state index in [2.05, 4.69) is 0 Å². The minimum absolute atomic E-state index is 0.348. The lowest BCUT2D eigenvalue weighted by atomic mass is 10.1. The van der Waals surface area contributed by atoms with Crippen LogP contribution in [0.4, 0.5) is 0 Å². The zero-order valence-electron chi connectivity index (χ0n) is 25.8. The lowest BCUT2D eigenvalue weighted by Gasteiger charge is -2.13. The number of para-hydroxylation sites is 2. The smallest absolute Gasteiger partial charge is 0.153 e. The van der Waals surface area contributed by atoms with Crippen LogP contribution in [0.3, 0.4) is 0 Å². The molecule has 0 bridgehead atoms. The van der Waals surface area contributed by atoms with Crippen molar-refractivity contribution in [2.45, 2.75) is 0 Å². The first-order valence-electron chi connectivity index (χ1n) is 15.2. The van der Waals surface area contributed by atoms with Crippen LogP contribution in [0, 0.1) is 0 Å². The van der Waals surface area contributed by atoms with E-state index < -0.39 is 0 Å². The van der Waals surface area contributed by atoms with Gasteiger partial charge in [-0.05, 0) is 36.4 Å². The van der Waals surface area contributed by atoms with Crippen LogP contribution in [0.5, 0.6) is 23.0 Å². The monoisotopic (exact) mass is 632 g/mol. The van der Waals surface area contributed by atoms with E-state index >= 15 is 0 Å². The zero-order valence-corrected chi connectivity index (χ0v) is 25.8. The number of fused-ring (bicyclic) bond motifs is 1. The molecular weight excluding hydrogens is 592 g/mol. The lowest BCUT2D eigenvalue weighted by molar-refractivity contribution is 0.0273. The maximum atomic E-state index is 11.0. The van der Waals surface area contributed by atoms with Gasteiger partial charge in [0.2, 0.25) is 0 Å². The minimum Gasteiger partial charge on any atom is -0.491 e. The van der Waals surface area contributed by atoms with Crippen LogP contribution < -0.4 is 18.9 Å². The first kappa shape index (κ1) is 34.4. The molecule has 0 saturated heterocycles. The molecular formula is C36H40O10. The molecule has 0 fully saturated rings. The van der Waals surface area contributed by atoms with Crippen LogP contribution in [-0.2, 0) is 18.9 Å². The van der Waals surface area contributed by atoms with Crippen LogP contribution in [-0.4, -0.2) is 91.9 Å². The van der Waals surface area contributed by atoms with Crippen molar-refractivity contribution in [2.75, 3.05) is 79.3 Å². The van der Waals surface area contributed by atoms with Crippen molar-refractivity contribution in [3.8, 4) is 23.0 Å². The molecule has 0 heterocycles. The molecule has 0 N–H and O–H groups in total. The highest BCUT2D eigenvalue weighted by Gasteiger charge is 2.08. The Labute approximate surface area is 269 Å². The van der Waals surface area contributed by atoms with Crippen molar-refractivity contribution in [1.82, 2.24) is 0 Å². The van der Waals surface area contributed by atoms with E-state index in [9.17, 15) is 9.59 Å². The molecule has 0 saturated carbocycles. The summed E-state index contributed by atoms with van der Waals surface area (Å²) < 4.78 is 45.5. The average Bonchev–Trinajstić information content (AvgIpc) is 3.10. The molecule has 0 aliphatic rings. The molecule has 4 aromatic carbocycles. The molecule has 4 aromatic rings. The van der Waals surface area contributed by atoms with Crippen molar-refractivity contribution in [2.24, 2.45) is 0 Å². The van der Waals surface area contributed by atoms with Crippen LogP contribution in [0.15, 0.2) is 84.9 Å². The highest BCUT2D eigenvalue weighted by atomic mass is 16.6. The summed E-state index contributed by atoms with van der Waals surface area (Å²) in [6.45, 7) is 4.83. The van der Waals surface area contributed by atoms with Gasteiger partial charge in [0.1, 0.15) is 49.4 Å². The molecule has 0 unspecified atom stereocenters. The molecule has 0 radical (unpaired) electrons. The predicted octanol–water partition coefficient (Wildman–Crippen LogP) is 5.45. The number of aldehydes is 2. The number of ether oxygens (including phenoxy) is 8. The molecule has 0 aliphatic carbocycles. The Kier molecular flexibility index (Phi) is 15.4. The van der Waals surface area contributed by atoms with Gasteiger partial charge >= 0.3 is 0 Å². The highest BCUT2D eigenvalue weighted by molar-refractivity contribution is 5.93. The Morgan fingerprint density at radius 1 is 0.348 bits per heavy atom. The molecule has 0 atom stereocenters. The third-order valence-electron chi connectivity index (χ3n) is 6.62. The standard InChI is InChI=1S/C36H40O10/c37-27-29-7-1-3-11-33(29)43-23-19-39-15-17-41-21-25-45-35-13-5-10-32-31(35)9-6-14-36(32)46-26-22-42-18-16-40-20-24-44-34-12-4-2-8-30(34)28-38/h1-14,27-28H,15-26H2. The van der Waals surface area contributed by atoms with Gasteiger partial charge in [-0.25, -0.2) is 0 Å². The molecule has 0 spiro atoms. The Bertz CT molecular complexity index is 1360. The fourth-order valence-electron chi connectivity index (χ4n) is 4.41. The van der Waals surface area contributed by atoms with Crippen molar-refractivity contribution in [3.63, 3.8) is 0 Å². The lowest BCUT2D eigenvalue weighted by Crippen LogP contribution is -2.14. The van der Waals surface area contributed by atoms with Gasteiger partial charge in [-0.2, -0.15) is 0 Å². The number of carbonyl (C=O) groups is 2. The van der Waals surface area contributed by atoms with E-state index in [4.69, 9.17) is 37.9 Å². The van der Waals surface area contributed by atoms with E-state index in [0.717, 1.165) is 34.8 Å². The van der Waals surface area contributed by atoms with Gasteiger partial charge in [0, 0.05) is 10.8 Å². The summed E-state index contributed by atoms with van der Waals surface area (Å²) in [7, 11) is 0. The van der Waals surface area contributed by atoms with Gasteiger partial charge in [0.25, 0.3) is 0 Å². The van der Waals surface area contributed by atoms with Gasteiger partial charge in [-0.3, -0.25) is 9.59 Å². The largest absolute Gasteiger partial charge is 0.491 e. The van der Waals surface area contributed by atoms with Gasteiger partial charge in [-0.1, -0.05) is 48.5 Å². The van der Waals surface area contributed by atoms with Crippen molar-refractivity contribution < 1.29 is 47.5 Å². The summed E-state index contributed by atoms with van der Waals surface area (Å²) in [6.07, 6.45) is 1.54. The van der Waals surface area contributed by atoms with Gasteiger partial charge in [0.05, 0.1) is 64.0 Å². The second-order valence-corrected chi connectivity index (χ2v) is 9.76. The fourth-order valence-corrected chi connectivity index (χ4v) is 4.41. The fraction of sp³-hybridized carbons (Fsp3) is 0.333. The zero-order chi connectivity index (χ0) is 32.1. The van der Waals surface area contributed by atoms with Crippen LogP contribution in [0.2, 0.25) is 0 Å². The maximum Gasteiger partial charge on any atom is 0.153 e. The Morgan fingerprint density at radius 3 is 1.02 bits per heavy atom. The first-order valence-corrected chi connectivity index (χ1v) is 15.2. The second kappa shape index (κ2) is 20.5. The van der Waals surface area contributed by atoms with E-state index in [0.29, 0.717) is 102 Å². The van der Waals surface area contributed by atoms with E-state index in [-0.39, 0.29) is 0 Å². The quantitative estimate of drug-likeness (QED) is 0.0731. The molecule has 10 heteroatoms. The number of carbonyl (C=O) groups excluding carboxylic acids is 2. The summed E-state index contributed by atoms with van der Waals surface area (Å²) in [5.41, 5.74) is 1.03.